The van der Waals surface area contributed by atoms with Gasteiger partial charge in [-0.2, -0.15) is 13.2 Å². The van der Waals surface area contributed by atoms with Crippen molar-refractivity contribution in [2.75, 3.05) is 19.8 Å². The van der Waals surface area contributed by atoms with Crippen LogP contribution in [0, 0.1) is 0 Å². The molecule has 0 radical (unpaired) electrons. The second kappa shape index (κ2) is 7.22. The predicted molar refractivity (Wildman–Crippen MR) is 81.1 cm³/mol. The van der Waals surface area contributed by atoms with Crippen LogP contribution in [-0.2, 0) is 25.2 Å². The highest BCUT2D eigenvalue weighted by Crippen LogP contribution is 2.30. The van der Waals surface area contributed by atoms with Gasteiger partial charge in [0.25, 0.3) is 5.91 Å². The quantitative estimate of drug-likeness (QED) is 0.781. The number of halogens is 3. The molecule has 2 aliphatic heterocycles. The molecule has 10 heteroatoms. The number of hydrogen-bond donors (Lipinski definition) is 2. The standard InChI is InChI=1S/C16H17F3N2O5/c17-16(18,19)9-3-1-8(2-4-9)15(23)21-10-5-25-14-11(6-26-13(10)14)24-7-12(20)22/h1-4,10-11,13-14H,5-7H2,(H2,20,22)(H,21,23)/t10-,11+,13+,14+/m0/s1. The lowest BCUT2D eigenvalue weighted by molar-refractivity contribution is -0.137. The summed E-state index contributed by atoms with van der Waals surface area (Å²) in [6, 6.07) is 3.45. The first-order chi connectivity index (χ1) is 12.3. The van der Waals surface area contributed by atoms with Crippen molar-refractivity contribution in [2.45, 2.75) is 30.5 Å². The second-order valence-corrected chi connectivity index (χ2v) is 6.07. The van der Waals surface area contributed by atoms with Crippen LogP contribution < -0.4 is 11.1 Å². The zero-order chi connectivity index (χ0) is 18.9. The van der Waals surface area contributed by atoms with E-state index in [0.29, 0.717) is 0 Å². The second-order valence-electron chi connectivity index (χ2n) is 6.07. The van der Waals surface area contributed by atoms with Gasteiger partial charge in [0.15, 0.2) is 0 Å². The maximum absolute atomic E-state index is 12.6. The molecule has 2 aliphatic rings. The Labute approximate surface area is 146 Å². The lowest BCUT2D eigenvalue weighted by Gasteiger charge is -2.18. The lowest BCUT2D eigenvalue weighted by Crippen LogP contribution is -2.44. The first-order valence-electron chi connectivity index (χ1n) is 7.87. The van der Waals surface area contributed by atoms with Gasteiger partial charge in [-0.15, -0.1) is 0 Å². The topological polar surface area (TPSA) is 99.9 Å². The van der Waals surface area contributed by atoms with Crippen molar-refractivity contribution < 1.29 is 37.0 Å². The van der Waals surface area contributed by atoms with Gasteiger partial charge in [0.05, 0.1) is 24.8 Å². The predicted octanol–water partition coefficient (Wildman–Crippen LogP) is 0.472. The van der Waals surface area contributed by atoms with E-state index in [-0.39, 0.29) is 25.4 Å². The number of alkyl halides is 3. The van der Waals surface area contributed by atoms with Crippen LogP contribution in [0.25, 0.3) is 0 Å². The zero-order valence-corrected chi connectivity index (χ0v) is 13.5. The number of fused-ring (bicyclic) bond motifs is 1. The molecule has 2 fully saturated rings. The number of carbonyl (C=O) groups is 2. The summed E-state index contributed by atoms with van der Waals surface area (Å²) < 4.78 is 54.2. The van der Waals surface area contributed by atoms with Crippen LogP contribution in [0.15, 0.2) is 24.3 Å². The summed E-state index contributed by atoms with van der Waals surface area (Å²) in [5, 5.41) is 2.69. The van der Waals surface area contributed by atoms with Gasteiger partial charge in [-0.25, -0.2) is 0 Å². The average molecular weight is 374 g/mol. The van der Waals surface area contributed by atoms with Gasteiger partial charge in [-0.05, 0) is 24.3 Å². The number of rotatable bonds is 5. The molecule has 2 amide bonds. The molecule has 4 atom stereocenters. The first-order valence-corrected chi connectivity index (χ1v) is 7.87. The fraction of sp³-hybridized carbons (Fsp3) is 0.500. The number of amides is 2. The van der Waals surface area contributed by atoms with Crippen molar-refractivity contribution >= 4 is 11.8 Å². The number of nitrogens with two attached hydrogens (primary N) is 1. The van der Waals surface area contributed by atoms with Crippen LogP contribution in [0.1, 0.15) is 15.9 Å². The molecule has 0 unspecified atom stereocenters. The zero-order valence-electron chi connectivity index (χ0n) is 13.5. The number of carbonyl (C=O) groups excluding carboxylic acids is 2. The summed E-state index contributed by atoms with van der Waals surface area (Å²) in [5.74, 6) is -1.14. The minimum atomic E-state index is -4.46. The van der Waals surface area contributed by atoms with Crippen molar-refractivity contribution in [3.8, 4) is 0 Å². The molecule has 142 valence electrons. The Morgan fingerprint density at radius 3 is 2.42 bits per heavy atom. The van der Waals surface area contributed by atoms with Crippen molar-refractivity contribution in [1.82, 2.24) is 5.32 Å². The molecular formula is C16H17F3N2O5. The third kappa shape index (κ3) is 3.97. The van der Waals surface area contributed by atoms with E-state index in [1.54, 1.807) is 0 Å². The molecule has 1 aromatic rings. The maximum atomic E-state index is 12.6. The average Bonchev–Trinajstić information content (AvgIpc) is 3.15. The molecule has 7 nitrogen and oxygen atoms in total. The van der Waals surface area contributed by atoms with Gasteiger partial charge >= 0.3 is 6.18 Å². The molecule has 3 rings (SSSR count). The van der Waals surface area contributed by atoms with E-state index in [2.05, 4.69) is 5.32 Å². The fourth-order valence-electron chi connectivity index (χ4n) is 2.98. The normalized spacial score (nSPS) is 28.0. The summed E-state index contributed by atoms with van der Waals surface area (Å²) >= 11 is 0. The van der Waals surface area contributed by atoms with E-state index in [1.165, 1.54) is 0 Å². The Morgan fingerprint density at radius 1 is 1.15 bits per heavy atom. The van der Waals surface area contributed by atoms with Crippen LogP contribution in [0.4, 0.5) is 13.2 Å². The van der Waals surface area contributed by atoms with E-state index < -0.39 is 47.9 Å². The Bertz CT molecular complexity index is 679. The van der Waals surface area contributed by atoms with Gasteiger partial charge in [0, 0.05) is 5.56 Å². The molecule has 0 spiro atoms. The monoisotopic (exact) mass is 374 g/mol. The Balaban J connectivity index is 1.58. The van der Waals surface area contributed by atoms with Crippen molar-refractivity contribution in [3.05, 3.63) is 35.4 Å². The smallest absolute Gasteiger partial charge is 0.370 e. The van der Waals surface area contributed by atoms with Gasteiger partial charge in [-0.3, -0.25) is 9.59 Å². The van der Waals surface area contributed by atoms with Gasteiger partial charge in [0.2, 0.25) is 5.91 Å². The number of ether oxygens (including phenoxy) is 3. The number of primary amides is 1. The summed E-state index contributed by atoms with van der Waals surface area (Å²) in [4.78, 5) is 23.0. The summed E-state index contributed by atoms with van der Waals surface area (Å²) in [6.07, 6.45) is -5.85. The van der Waals surface area contributed by atoms with Crippen molar-refractivity contribution in [1.29, 1.82) is 0 Å². The Hall–Kier alpha value is -2.17. The van der Waals surface area contributed by atoms with Gasteiger partial charge < -0.3 is 25.3 Å². The van der Waals surface area contributed by atoms with Crippen LogP contribution in [0.3, 0.4) is 0 Å². The summed E-state index contributed by atoms with van der Waals surface area (Å²) in [5.41, 5.74) is 4.30. The minimum absolute atomic E-state index is 0.0981. The molecule has 0 bridgehead atoms. The molecule has 0 aromatic heterocycles. The molecule has 0 aliphatic carbocycles. The van der Waals surface area contributed by atoms with Crippen LogP contribution in [0.2, 0.25) is 0 Å². The van der Waals surface area contributed by atoms with Crippen LogP contribution in [-0.4, -0.2) is 56.0 Å². The number of benzene rings is 1. The SMILES string of the molecule is NC(=O)CO[C@@H]1CO[C@H]2[C@@H]1OC[C@@H]2NC(=O)c1ccc(C(F)(F)F)cc1. The third-order valence-electron chi connectivity index (χ3n) is 4.24. The fourth-order valence-corrected chi connectivity index (χ4v) is 2.98. The van der Waals surface area contributed by atoms with E-state index in [0.717, 1.165) is 24.3 Å². The molecule has 1 aromatic carbocycles. The highest BCUT2D eigenvalue weighted by molar-refractivity contribution is 5.94. The molecule has 3 N–H and O–H groups in total. The maximum Gasteiger partial charge on any atom is 0.416 e. The molecule has 2 saturated heterocycles. The van der Waals surface area contributed by atoms with Gasteiger partial charge in [-0.1, -0.05) is 0 Å². The van der Waals surface area contributed by atoms with E-state index in [4.69, 9.17) is 19.9 Å². The largest absolute Gasteiger partial charge is 0.416 e. The third-order valence-corrected chi connectivity index (χ3v) is 4.24. The molecule has 0 saturated carbocycles. The highest BCUT2D eigenvalue weighted by Gasteiger charge is 2.48. The highest BCUT2D eigenvalue weighted by atomic mass is 19.4. The number of nitrogens with one attached hydrogen (secondary N) is 1. The lowest BCUT2D eigenvalue weighted by atomic mass is 10.1. The molecule has 26 heavy (non-hydrogen) atoms. The summed E-state index contributed by atoms with van der Waals surface area (Å²) in [6.45, 7) is 0.0938. The Kier molecular flexibility index (Phi) is 5.17. The van der Waals surface area contributed by atoms with Gasteiger partial charge in [0.1, 0.15) is 24.9 Å². The molecule has 2 heterocycles. The Morgan fingerprint density at radius 2 is 1.81 bits per heavy atom. The summed E-state index contributed by atoms with van der Waals surface area (Å²) in [7, 11) is 0. The first kappa shape index (κ1) is 18.6. The van der Waals surface area contributed by atoms with E-state index in [1.807, 2.05) is 0 Å². The van der Waals surface area contributed by atoms with Crippen LogP contribution in [0.5, 0.6) is 0 Å². The van der Waals surface area contributed by atoms with Crippen molar-refractivity contribution in [2.24, 2.45) is 5.73 Å². The van der Waals surface area contributed by atoms with Crippen LogP contribution >= 0.6 is 0 Å². The number of hydrogen-bond acceptors (Lipinski definition) is 5. The molecular weight excluding hydrogens is 357 g/mol. The minimum Gasteiger partial charge on any atom is -0.370 e. The van der Waals surface area contributed by atoms with E-state index >= 15 is 0 Å². The van der Waals surface area contributed by atoms with Crippen molar-refractivity contribution in [3.63, 3.8) is 0 Å². The van der Waals surface area contributed by atoms with E-state index in [9.17, 15) is 22.8 Å².